The summed E-state index contributed by atoms with van der Waals surface area (Å²) in [5.74, 6) is -4.05. The molecule has 45 heavy (non-hydrogen) atoms. The van der Waals surface area contributed by atoms with E-state index in [9.17, 15) is 28.8 Å². The quantitative estimate of drug-likeness (QED) is 0.148. The number of hydrogen-bond acceptors (Lipinski definition) is 9. The molecule has 2 heterocycles. The summed E-state index contributed by atoms with van der Waals surface area (Å²) in [6.07, 6.45) is 2.78. The van der Waals surface area contributed by atoms with Crippen LogP contribution < -0.4 is 16.0 Å². The second-order valence-corrected chi connectivity index (χ2v) is 15.0. The van der Waals surface area contributed by atoms with Gasteiger partial charge in [-0.2, -0.15) is 0 Å². The molecule has 0 spiro atoms. The minimum atomic E-state index is -1.24. The van der Waals surface area contributed by atoms with Crippen LogP contribution in [0.25, 0.3) is 10.9 Å². The van der Waals surface area contributed by atoms with Crippen LogP contribution >= 0.6 is 21.6 Å². The zero-order valence-electron chi connectivity index (χ0n) is 26.0. The number of likely N-dealkylation sites (tertiary alicyclic amines) is 1. The highest BCUT2D eigenvalue weighted by atomic mass is 33.1. The molecule has 1 aliphatic heterocycles. The smallest absolute Gasteiger partial charge is 0.329 e. The monoisotopic (exact) mass is 663 g/mol. The number of carbonyl (C=O) groups excluding carboxylic acids is 5. The number of nitrogens with one attached hydrogen (secondary N) is 4. The van der Waals surface area contributed by atoms with E-state index in [-0.39, 0.29) is 23.5 Å². The van der Waals surface area contributed by atoms with Crippen LogP contribution in [0, 0.1) is 0 Å². The SMILES string of the molecule is CC(=O)N[C@@H](Cc1c[nH]c2ccccc12)C(=O)N[C@@H](CSSC(C)(C)C)C(=O)N1CCC[C@H]1C(=O)OCC(=O)N[C@@H](C)C(=O)O. The van der Waals surface area contributed by atoms with Crippen molar-refractivity contribution in [1.29, 1.82) is 0 Å². The Morgan fingerprint density at radius 2 is 1.80 bits per heavy atom. The fraction of sp³-hybridized carbons (Fsp3) is 0.533. The van der Waals surface area contributed by atoms with E-state index in [4.69, 9.17) is 9.84 Å². The number of aliphatic carboxylic acids is 1. The van der Waals surface area contributed by atoms with Gasteiger partial charge in [-0.1, -0.05) is 60.6 Å². The summed E-state index contributed by atoms with van der Waals surface area (Å²) in [6.45, 7) is 8.21. The van der Waals surface area contributed by atoms with Gasteiger partial charge in [-0.25, -0.2) is 4.79 Å². The average Bonchev–Trinajstić information content (AvgIpc) is 3.61. The number of esters is 1. The number of carboxylic acids is 1. The molecule has 2 aromatic rings. The maximum absolute atomic E-state index is 13.9. The van der Waals surface area contributed by atoms with Crippen molar-refractivity contribution in [2.75, 3.05) is 18.9 Å². The normalized spacial score (nSPS) is 16.8. The van der Waals surface area contributed by atoms with E-state index >= 15 is 0 Å². The van der Waals surface area contributed by atoms with Crippen molar-refractivity contribution in [3.63, 3.8) is 0 Å². The van der Waals surface area contributed by atoms with E-state index in [1.54, 1.807) is 17.0 Å². The number of aromatic amines is 1. The molecule has 0 aliphatic carbocycles. The largest absolute Gasteiger partial charge is 0.480 e. The number of H-pyrrole nitrogens is 1. The van der Waals surface area contributed by atoms with E-state index in [1.807, 2.05) is 45.0 Å². The summed E-state index contributed by atoms with van der Waals surface area (Å²) in [5.41, 5.74) is 1.71. The van der Waals surface area contributed by atoms with Crippen LogP contribution in [0.1, 0.15) is 53.0 Å². The van der Waals surface area contributed by atoms with E-state index in [0.717, 1.165) is 16.5 Å². The Labute approximate surface area is 269 Å². The summed E-state index contributed by atoms with van der Waals surface area (Å²) in [4.78, 5) is 80.1. The maximum Gasteiger partial charge on any atom is 0.329 e. The third kappa shape index (κ3) is 10.7. The van der Waals surface area contributed by atoms with Crippen LogP contribution in [0.15, 0.2) is 30.5 Å². The second kappa shape index (κ2) is 16.0. The van der Waals surface area contributed by atoms with Crippen LogP contribution in [0.5, 0.6) is 0 Å². The number of carboxylic acid groups (broad SMARTS) is 1. The van der Waals surface area contributed by atoms with Gasteiger partial charge in [0.15, 0.2) is 6.61 Å². The van der Waals surface area contributed by atoms with Gasteiger partial charge in [0, 0.05) is 47.5 Å². The predicted octanol–water partition coefficient (Wildman–Crippen LogP) is 2.00. The number of rotatable bonds is 14. The number of benzene rings is 1. The van der Waals surface area contributed by atoms with Gasteiger partial charge in [0.2, 0.25) is 17.7 Å². The molecular formula is C30H41N5O8S2. The molecular weight excluding hydrogens is 622 g/mol. The fourth-order valence-electron chi connectivity index (χ4n) is 4.75. The Balaban J connectivity index is 1.75. The maximum atomic E-state index is 13.9. The molecule has 246 valence electrons. The van der Waals surface area contributed by atoms with Gasteiger partial charge < -0.3 is 35.7 Å². The van der Waals surface area contributed by atoms with Gasteiger partial charge in [-0.3, -0.25) is 24.0 Å². The highest BCUT2D eigenvalue weighted by Crippen LogP contribution is 2.35. The molecule has 1 aromatic heterocycles. The summed E-state index contributed by atoms with van der Waals surface area (Å²) in [6, 6.07) is 3.47. The predicted molar refractivity (Wildman–Crippen MR) is 172 cm³/mol. The van der Waals surface area contributed by atoms with Crippen molar-refractivity contribution >= 4 is 68.1 Å². The van der Waals surface area contributed by atoms with Crippen molar-refractivity contribution in [2.45, 2.75) is 82.8 Å². The number of aromatic nitrogens is 1. The van der Waals surface area contributed by atoms with Gasteiger partial charge >= 0.3 is 11.9 Å². The van der Waals surface area contributed by atoms with Gasteiger partial charge in [0.05, 0.1) is 0 Å². The first-order valence-electron chi connectivity index (χ1n) is 14.6. The minimum absolute atomic E-state index is 0.130. The number of nitrogens with zero attached hydrogens (tertiary/aromatic N) is 1. The Hall–Kier alpha value is -3.72. The van der Waals surface area contributed by atoms with Crippen LogP contribution in [0.3, 0.4) is 0 Å². The first-order valence-corrected chi connectivity index (χ1v) is 16.9. The number of carbonyl (C=O) groups is 6. The van der Waals surface area contributed by atoms with Gasteiger partial charge in [-0.15, -0.1) is 0 Å². The highest BCUT2D eigenvalue weighted by molar-refractivity contribution is 8.77. The first-order chi connectivity index (χ1) is 21.2. The Morgan fingerprint density at radius 1 is 1.09 bits per heavy atom. The lowest BCUT2D eigenvalue weighted by molar-refractivity contribution is -0.157. The molecule has 4 amide bonds. The minimum Gasteiger partial charge on any atom is -0.480 e. The molecule has 0 bridgehead atoms. The van der Waals surface area contributed by atoms with Crippen LogP contribution in [-0.2, 0) is 39.9 Å². The summed E-state index contributed by atoms with van der Waals surface area (Å²) in [5, 5.41) is 17.6. The van der Waals surface area contributed by atoms with E-state index in [0.29, 0.717) is 12.8 Å². The lowest BCUT2D eigenvalue weighted by Crippen LogP contribution is -2.57. The summed E-state index contributed by atoms with van der Waals surface area (Å²) < 4.78 is 5.00. The topological polar surface area (TPSA) is 187 Å². The molecule has 1 aromatic carbocycles. The number of para-hydroxylation sites is 1. The highest BCUT2D eigenvalue weighted by Gasteiger charge is 2.39. The van der Waals surface area contributed by atoms with Crippen molar-refractivity contribution in [3.05, 3.63) is 36.0 Å². The van der Waals surface area contributed by atoms with E-state index < -0.39 is 66.3 Å². The number of hydrogen-bond donors (Lipinski definition) is 5. The zero-order chi connectivity index (χ0) is 33.3. The van der Waals surface area contributed by atoms with Crippen molar-refractivity contribution in [3.8, 4) is 0 Å². The zero-order valence-corrected chi connectivity index (χ0v) is 27.6. The van der Waals surface area contributed by atoms with Crippen molar-refractivity contribution in [1.82, 2.24) is 25.8 Å². The molecule has 3 rings (SSSR count). The van der Waals surface area contributed by atoms with Gasteiger partial charge in [0.25, 0.3) is 5.91 Å². The summed E-state index contributed by atoms with van der Waals surface area (Å²) >= 11 is 0. The summed E-state index contributed by atoms with van der Waals surface area (Å²) in [7, 11) is 2.95. The van der Waals surface area contributed by atoms with Gasteiger partial charge in [-0.05, 0) is 31.4 Å². The molecule has 0 unspecified atom stereocenters. The van der Waals surface area contributed by atoms with Crippen LogP contribution in [-0.4, -0.2) is 98.4 Å². The molecule has 15 heteroatoms. The Bertz CT molecular complexity index is 1410. The molecule has 1 fully saturated rings. The fourth-order valence-corrected chi connectivity index (χ4v) is 7.21. The standard InChI is InChI=1S/C30H41N5O8S2/c1-17(28(40)41)32-25(37)15-43-29(42)24-11-8-12-35(24)27(39)23(16-44-45-30(3,4)5)34-26(38)22(33-18(2)36)13-19-14-31-21-10-7-6-9-20(19)21/h6-7,9-10,14,17,22-24,31H,8,11-13,15-16H2,1-5H3,(H,32,37)(H,33,36)(H,34,38)(H,40,41)/t17-,22-,23-,24-/m0/s1. The third-order valence-electron chi connectivity index (χ3n) is 6.85. The second-order valence-electron chi connectivity index (χ2n) is 11.8. The molecule has 1 saturated heterocycles. The first kappa shape index (κ1) is 35.8. The molecule has 1 aliphatic rings. The van der Waals surface area contributed by atoms with Gasteiger partial charge in [0.1, 0.15) is 24.2 Å². The van der Waals surface area contributed by atoms with Crippen LogP contribution in [0.2, 0.25) is 0 Å². The molecule has 13 nitrogen and oxygen atoms in total. The van der Waals surface area contributed by atoms with Crippen LogP contribution in [0.4, 0.5) is 0 Å². The average molecular weight is 664 g/mol. The molecule has 5 N–H and O–H groups in total. The lowest BCUT2D eigenvalue weighted by atomic mass is 10.0. The molecule has 4 atom stereocenters. The van der Waals surface area contributed by atoms with E-state index in [2.05, 4.69) is 20.9 Å². The van der Waals surface area contributed by atoms with Crippen molar-refractivity contribution < 1.29 is 38.6 Å². The Kier molecular flexibility index (Phi) is 12.7. The van der Waals surface area contributed by atoms with E-state index in [1.165, 1.54) is 29.5 Å². The third-order valence-corrected chi connectivity index (χ3v) is 10.2. The number of ether oxygens (including phenoxy) is 1. The number of fused-ring (bicyclic) bond motifs is 1. The number of amides is 4. The molecule has 0 saturated carbocycles. The molecule has 0 radical (unpaired) electrons. The Morgan fingerprint density at radius 3 is 2.47 bits per heavy atom. The lowest BCUT2D eigenvalue weighted by Gasteiger charge is -2.29. The van der Waals surface area contributed by atoms with Crippen molar-refractivity contribution in [2.24, 2.45) is 0 Å².